The summed E-state index contributed by atoms with van der Waals surface area (Å²) in [5, 5.41) is 21.8. The van der Waals surface area contributed by atoms with Crippen LogP contribution in [0.15, 0.2) is 18.3 Å². The molecule has 24 heavy (non-hydrogen) atoms. The van der Waals surface area contributed by atoms with E-state index >= 15 is 0 Å². The lowest BCUT2D eigenvalue weighted by Crippen LogP contribution is -2.18. The van der Waals surface area contributed by atoms with Crippen LogP contribution >= 0.6 is 11.3 Å². The molecule has 6 nitrogen and oxygen atoms in total. The summed E-state index contributed by atoms with van der Waals surface area (Å²) in [5.74, 6) is -1.27. The molecule has 2 aromatic heterocycles. The Hall–Kier alpha value is -2.72. The Morgan fingerprint density at radius 3 is 3.00 bits per heavy atom. The first-order valence-corrected chi connectivity index (χ1v) is 8.37. The number of amides is 1. The number of fused-ring (bicyclic) bond motifs is 1. The summed E-state index contributed by atoms with van der Waals surface area (Å²) in [6, 6.07) is 4.97. The second-order valence-corrected chi connectivity index (χ2v) is 6.93. The van der Waals surface area contributed by atoms with Crippen molar-refractivity contribution < 1.29 is 14.7 Å². The largest absolute Gasteiger partial charge is 0.478 e. The molecule has 1 atom stereocenters. The number of aromatic carboxylic acids is 1. The fourth-order valence-corrected chi connectivity index (χ4v) is 4.23. The van der Waals surface area contributed by atoms with E-state index in [1.807, 2.05) is 0 Å². The van der Waals surface area contributed by atoms with Gasteiger partial charge in [-0.3, -0.25) is 9.78 Å². The average molecular weight is 341 g/mol. The highest BCUT2D eigenvalue weighted by Gasteiger charge is 2.26. The molecule has 2 heterocycles. The Morgan fingerprint density at radius 1 is 1.50 bits per heavy atom. The normalized spacial score (nSPS) is 16.1. The molecule has 0 fully saturated rings. The van der Waals surface area contributed by atoms with Crippen molar-refractivity contribution >= 4 is 28.2 Å². The molecule has 122 valence electrons. The highest BCUT2D eigenvalue weighted by atomic mass is 32.1. The number of anilines is 1. The second-order valence-electron chi connectivity index (χ2n) is 5.83. The average Bonchev–Trinajstić information content (AvgIpc) is 2.90. The highest BCUT2D eigenvalue weighted by molar-refractivity contribution is 7.16. The van der Waals surface area contributed by atoms with Gasteiger partial charge in [0.15, 0.2) is 0 Å². The molecule has 2 aromatic rings. The van der Waals surface area contributed by atoms with Crippen LogP contribution in [0.4, 0.5) is 5.00 Å². The number of aromatic nitrogens is 1. The van der Waals surface area contributed by atoms with Crippen LogP contribution in [-0.2, 0) is 12.8 Å². The zero-order valence-corrected chi connectivity index (χ0v) is 13.8. The van der Waals surface area contributed by atoms with Gasteiger partial charge in [0.05, 0.1) is 11.1 Å². The van der Waals surface area contributed by atoms with Gasteiger partial charge in [-0.25, -0.2) is 4.79 Å². The molecule has 0 saturated heterocycles. The van der Waals surface area contributed by atoms with Crippen LogP contribution in [0.3, 0.4) is 0 Å². The van der Waals surface area contributed by atoms with E-state index in [0.29, 0.717) is 16.5 Å². The molecule has 0 saturated carbocycles. The Bertz CT molecular complexity index is 866. The van der Waals surface area contributed by atoms with Crippen LogP contribution in [0.1, 0.15) is 50.2 Å². The number of nitrogens with zero attached hydrogens (tertiary/aromatic N) is 2. The van der Waals surface area contributed by atoms with Gasteiger partial charge in [0.1, 0.15) is 16.8 Å². The minimum absolute atomic E-state index is 0.159. The lowest BCUT2D eigenvalue weighted by Gasteiger charge is -2.17. The number of thiophene rings is 1. The predicted octanol–water partition coefficient (Wildman–Crippen LogP) is 3.09. The summed E-state index contributed by atoms with van der Waals surface area (Å²) in [6.45, 7) is 2.17. The van der Waals surface area contributed by atoms with Gasteiger partial charge in [-0.2, -0.15) is 5.26 Å². The summed E-state index contributed by atoms with van der Waals surface area (Å²) < 4.78 is 0. The lowest BCUT2D eigenvalue weighted by molar-refractivity contribution is 0.0691. The molecule has 1 aliphatic carbocycles. The molecule has 0 bridgehead atoms. The van der Waals surface area contributed by atoms with Crippen molar-refractivity contribution in [3.63, 3.8) is 0 Å². The van der Waals surface area contributed by atoms with E-state index in [1.54, 1.807) is 0 Å². The Kier molecular flexibility index (Phi) is 4.32. The molecule has 2 N–H and O–H groups in total. The van der Waals surface area contributed by atoms with Gasteiger partial charge < -0.3 is 10.4 Å². The maximum atomic E-state index is 12.4. The third-order valence-electron chi connectivity index (χ3n) is 4.10. The van der Waals surface area contributed by atoms with Crippen molar-refractivity contribution in [2.24, 2.45) is 5.92 Å². The third-order valence-corrected chi connectivity index (χ3v) is 5.27. The summed E-state index contributed by atoms with van der Waals surface area (Å²) in [6.07, 6.45) is 4.12. The molecule has 7 heteroatoms. The fraction of sp³-hybridized carbons (Fsp3) is 0.294. The van der Waals surface area contributed by atoms with Crippen LogP contribution in [0, 0.1) is 17.2 Å². The minimum atomic E-state index is -1.21. The number of rotatable bonds is 3. The predicted molar refractivity (Wildman–Crippen MR) is 89.4 cm³/mol. The van der Waals surface area contributed by atoms with Gasteiger partial charge in [0.25, 0.3) is 5.91 Å². The number of hydrogen-bond donors (Lipinski definition) is 2. The molecule has 0 aliphatic heterocycles. The minimum Gasteiger partial charge on any atom is -0.478 e. The SMILES string of the molecule is CC1CCc2c(sc(NC(=O)c3ncccc3C(=O)O)c2C#N)C1. The van der Waals surface area contributed by atoms with E-state index in [4.69, 9.17) is 0 Å². The van der Waals surface area contributed by atoms with Crippen molar-refractivity contribution in [2.45, 2.75) is 26.2 Å². The summed E-state index contributed by atoms with van der Waals surface area (Å²) in [5.41, 5.74) is 1.18. The monoisotopic (exact) mass is 341 g/mol. The number of carbonyl (C=O) groups excluding carboxylic acids is 1. The van der Waals surface area contributed by atoms with Crippen molar-refractivity contribution in [2.75, 3.05) is 5.32 Å². The van der Waals surface area contributed by atoms with E-state index in [9.17, 15) is 20.0 Å². The number of carbonyl (C=O) groups is 2. The van der Waals surface area contributed by atoms with E-state index < -0.39 is 11.9 Å². The molecule has 1 aliphatic rings. The van der Waals surface area contributed by atoms with Crippen molar-refractivity contribution in [1.82, 2.24) is 4.98 Å². The quantitative estimate of drug-likeness (QED) is 0.893. The van der Waals surface area contributed by atoms with E-state index in [0.717, 1.165) is 29.7 Å². The molecule has 1 amide bonds. The molecule has 0 aromatic carbocycles. The number of carboxylic acid groups (broad SMARTS) is 1. The van der Waals surface area contributed by atoms with Crippen LogP contribution in [-0.4, -0.2) is 22.0 Å². The molecule has 1 unspecified atom stereocenters. The van der Waals surface area contributed by atoms with Crippen molar-refractivity contribution in [1.29, 1.82) is 5.26 Å². The van der Waals surface area contributed by atoms with Crippen molar-refractivity contribution in [3.05, 3.63) is 45.6 Å². The van der Waals surface area contributed by atoms with Gasteiger partial charge in [0.2, 0.25) is 0 Å². The Morgan fingerprint density at radius 2 is 2.29 bits per heavy atom. The van der Waals surface area contributed by atoms with Gasteiger partial charge >= 0.3 is 5.97 Å². The second kappa shape index (κ2) is 6.42. The van der Waals surface area contributed by atoms with E-state index in [2.05, 4.69) is 23.3 Å². The van der Waals surface area contributed by atoms with Crippen LogP contribution < -0.4 is 5.32 Å². The summed E-state index contributed by atoms with van der Waals surface area (Å²) >= 11 is 1.40. The number of nitriles is 1. The number of nitrogens with one attached hydrogen (secondary N) is 1. The molecule has 0 spiro atoms. The first-order valence-electron chi connectivity index (χ1n) is 7.55. The zero-order chi connectivity index (χ0) is 17.3. The standard InChI is InChI=1S/C17H15N3O3S/c1-9-4-5-10-12(8-18)16(24-13(10)7-9)20-15(21)14-11(17(22)23)3-2-6-19-14/h2-3,6,9H,4-5,7H2,1H3,(H,20,21)(H,22,23). The smallest absolute Gasteiger partial charge is 0.338 e. The first-order chi connectivity index (χ1) is 11.5. The Labute approximate surface area is 142 Å². The van der Waals surface area contributed by atoms with E-state index in [1.165, 1.54) is 29.7 Å². The van der Waals surface area contributed by atoms with Gasteiger partial charge in [-0.15, -0.1) is 11.3 Å². The zero-order valence-electron chi connectivity index (χ0n) is 13.0. The molecular weight excluding hydrogens is 326 g/mol. The van der Waals surface area contributed by atoms with Gasteiger partial charge in [-0.05, 0) is 42.9 Å². The van der Waals surface area contributed by atoms with E-state index in [-0.39, 0.29) is 11.3 Å². The Balaban J connectivity index is 1.94. The van der Waals surface area contributed by atoms with Crippen LogP contribution in [0.2, 0.25) is 0 Å². The highest BCUT2D eigenvalue weighted by Crippen LogP contribution is 2.39. The van der Waals surface area contributed by atoms with Gasteiger partial charge in [0, 0.05) is 11.1 Å². The maximum absolute atomic E-state index is 12.4. The topological polar surface area (TPSA) is 103 Å². The lowest BCUT2D eigenvalue weighted by atomic mass is 9.88. The molecular formula is C17H15N3O3S. The fourth-order valence-electron chi connectivity index (χ4n) is 2.88. The summed E-state index contributed by atoms with van der Waals surface area (Å²) in [4.78, 5) is 28.7. The number of pyridine rings is 1. The third kappa shape index (κ3) is 2.88. The van der Waals surface area contributed by atoms with Crippen molar-refractivity contribution in [3.8, 4) is 6.07 Å². The van der Waals surface area contributed by atoms with Crippen LogP contribution in [0.5, 0.6) is 0 Å². The summed E-state index contributed by atoms with van der Waals surface area (Å²) in [7, 11) is 0. The molecule has 3 rings (SSSR count). The number of hydrogen-bond acceptors (Lipinski definition) is 5. The van der Waals surface area contributed by atoms with Gasteiger partial charge in [-0.1, -0.05) is 6.92 Å². The molecule has 0 radical (unpaired) electrons. The van der Waals surface area contributed by atoms with Crippen LogP contribution in [0.25, 0.3) is 0 Å². The maximum Gasteiger partial charge on any atom is 0.338 e. The number of carboxylic acids is 1. The first kappa shape index (κ1) is 16.1.